The molecule has 3 aromatic rings. The summed E-state index contributed by atoms with van der Waals surface area (Å²) in [5.41, 5.74) is 1.86. The molecule has 138 valence electrons. The Balaban J connectivity index is 1.22. The molecule has 4 rings (SSSR count). The largest absolute Gasteiger partial charge is 0.454 e. The Morgan fingerprint density at radius 2 is 2.07 bits per heavy atom. The molecule has 2 aromatic heterocycles. The zero-order chi connectivity index (χ0) is 18.5. The first-order chi connectivity index (χ1) is 13.3. The van der Waals surface area contributed by atoms with Gasteiger partial charge in [-0.15, -0.1) is 0 Å². The van der Waals surface area contributed by atoms with Crippen LogP contribution >= 0.6 is 0 Å². The Bertz CT molecular complexity index is 926. The standard InChI is InChI=1S/C19H18N4O4/c24-17(21-9-7-13-3-4-15-16(10-13)26-12-25-15)5-6-18-22-19(23-27-18)14-2-1-8-20-11-14/h1-4,8,10-11H,5-7,9,12H2,(H,21,24). The molecule has 0 fully saturated rings. The fourth-order valence-electron chi connectivity index (χ4n) is 2.72. The van der Waals surface area contributed by atoms with Crippen molar-refractivity contribution in [2.75, 3.05) is 13.3 Å². The van der Waals surface area contributed by atoms with Gasteiger partial charge in [-0.05, 0) is 36.2 Å². The van der Waals surface area contributed by atoms with Gasteiger partial charge in [-0.1, -0.05) is 11.2 Å². The lowest BCUT2D eigenvalue weighted by Gasteiger charge is -2.05. The predicted molar refractivity (Wildman–Crippen MR) is 95.1 cm³/mol. The number of fused-ring (bicyclic) bond motifs is 1. The van der Waals surface area contributed by atoms with Crippen LogP contribution in [0.2, 0.25) is 0 Å². The fourth-order valence-corrected chi connectivity index (χ4v) is 2.72. The molecule has 0 bridgehead atoms. The highest BCUT2D eigenvalue weighted by Gasteiger charge is 2.13. The Hall–Kier alpha value is -3.42. The van der Waals surface area contributed by atoms with Gasteiger partial charge in [0.1, 0.15) is 0 Å². The van der Waals surface area contributed by atoms with Gasteiger partial charge in [-0.25, -0.2) is 0 Å². The highest BCUT2D eigenvalue weighted by atomic mass is 16.7. The summed E-state index contributed by atoms with van der Waals surface area (Å²) in [5.74, 6) is 2.35. The second-order valence-electron chi connectivity index (χ2n) is 6.04. The van der Waals surface area contributed by atoms with E-state index in [1.807, 2.05) is 24.3 Å². The summed E-state index contributed by atoms with van der Waals surface area (Å²) in [6.07, 6.45) is 4.74. The molecule has 0 aliphatic carbocycles. The van der Waals surface area contributed by atoms with Gasteiger partial charge in [0.2, 0.25) is 24.4 Å². The van der Waals surface area contributed by atoms with Gasteiger partial charge >= 0.3 is 0 Å². The molecule has 0 atom stereocenters. The average Bonchev–Trinajstić information content (AvgIpc) is 3.36. The van der Waals surface area contributed by atoms with Gasteiger partial charge in [-0.3, -0.25) is 9.78 Å². The summed E-state index contributed by atoms with van der Waals surface area (Å²) >= 11 is 0. The second-order valence-corrected chi connectivity index (χ2v) is 6.04. The molecule has 0 radical (unpaired) electrons. The second kappa shape index (κ2) is 7.86. The van der Waals surface area contributed by atoms with Crippen LogP contribution in [0.5, 0.6) is 11.5 Å². The molecule has 27 heavy (non-hydrogen) atoms. The summed E-state index contributed by atoms with van der Waals surface area (Å²) in [5, 5.41) is 6.81. The van der Waals surface area contributed by atoms with Crippen LogP contribution in [0.4, 0.5) is 0 Å². The van der Waals surface area contributed by atoms with Crippen LogP contribution in [0.3, 0.4) is 0 Å². The van der Waals surface area contributed by atoms with E-state index in [-0.39, 0.29) is 19.1 Å². The minimum absolute atomic E-state index is 0.0585. The topological polar surface area (TPSA) is 99.4 Å². The molecular formula is C19H18N4O4. The van der Waals surface area contributed by atoms with E-state index in [0.717, 1.165) is 22.6 Å². The molecule has 1 amide bonds. The monoisotopic (exact) mass is 366 g/mol. The van der Waals surface area contributed by atoms with Crippen molar-refractivity contribution in [2.24, 2.45) is 0 Å². The molecule has 3 heterocycles. The molecular weight excluding hydrogens is 348 g/mol. The molecule has 1 aromatic carbocycles. The smallest absolute Gasteiger partial charge is 0.231 e. The number of rotatable bonds is 7. The Morgan fingerprint density at radius 3 is 2.96 bits per heavy atom. The maximum Gasteiger partial charge on any atom is 0.231 e. The highest BCUT2D eigenvalue weighted by molar-refractivity contribution is 5.76. The maximum atomic E-state index is 12.0. The van der Waals surface area contributed by atoms with Crippen LogP contribution < -0.4 is 14.8 Å². The zero-order valence-electron chi connectivity index (χ0n) is 14.6. The first-order valence-electron chi connectivity index (χ1n) is 8.66. The molecule has 1 aliphatic heterocycles. The van der Waals surface area contributed by atoms with Gasteiger partial charge in [0, 0.05) is 37.3 Å². The van der Waals surface area contributed by atoms with E-state index in [1.54, 1.807) is 18.5 Å². The fraction of sp³-hybridized carbons (Fsp3) is 0.263. The van der Waals surface area contributed by atoms with Crippen molar-refractivity contribution in [1.29, 1.82) is 0 Å². The predicted octanol–water partition coefficient (Wildman–Crippen LogP) is 2.15. The average molecular weight is 366 g/mol. The first kappa shape index (κ1) is 17.0. The lowest BCUT2D eigenvalue weighted by Crippen LogP contribution is -2.25. The molecule has 0 unspecified atom stereocenters. The normalized spacial score (nSPS) is 12.1. The van der Waals surface area contributed by atoms with E-state index in [0.29, 0.717) is 31.1 Å². The summed E-state index contributed by atoms with van der Waals surface area (Å²) in [6, 6.07) is 9.45. The van der Waals surface area contributed by atoms with E-state index in [4.69, 9.17) is 14.0 Å². The number of carbonyl (C=O) groups excluding carboxylic acids is 1. The lowest BCUT2D eigenvalue weighted by molar-refractivity contribution is -0.121. The van der Waals surface area contributed by atoms with E-state index in [9.17, 15) is 4.79 Å². The van der Waals surface area contributed by atoms with Crippen LogP contribution in [0, 0.1) is 0 Å². The van der Waals surface area contributed by atoms with Gasteiger partial charge in [0.15, 0.2) is 11.5 Å². The van der Waals surface area contributed by atoms with Crippen molar-refractivity contribution in [3.8, 4) is 22.9 Å². The van der Waals surface area contributed by atoms with Crippen molar-refractivity contribution in [2.45, 2.75) is 19.3 Å². The minimum Gasteiger partial charge on any atom is -0.454 e. The number of ether oxygens (including phenoxy) is 2. The Labute approximate surface area is 155 Å². The molecule has 0 saturated heterocycles. The first-order valence-corrected chi connectivity index (χ1v) is 8.66. The van der Waals surface area contributed by atoms with Gasteiger partial charge in [-0.2, -0.15) is 4.98 Å². The van der Waals surface area contributed by atoms with E-state index in [2.05, 4.69) is 20.4 Å². The van der Waals surface area contributed by atoms with Crippen molar-refractivity contribution in [3.63, 3.8) is 0 Å². The Morgan fingerprint density at radius 1 is 1.15 bits per heavy atom. The number of aryl methyl sites for hydroxylation is 1. The van der Waals surface area contributed by atoms with Gasteiger partial charge in [0.05, 0.1) is 0 Å². The molecule has 0 spiro atoms. The number of benzene rings is 1. The molecule has 8 nitrogen and oxygen atoms in total. The third-order valence-electron chi connectivity index (χ3n) is 4.13. The number of carbonyl (C=O) groups is 1. The van der Waals surface area contributed by atoms with E-state index in [1.165, 1.54) is 0 Å². The van der Waals surface area contributed by atoms with Gasteiger partial charge < -0.3 is 19.3 Å². The van der Waals surface area contributed by atoms with Crippen LogP contribution in [0.1, 0.15) is 17.9 Å². The third kappa shape index (κ3) is 4.22. The van der Waals surface area contributed by atoms with Crippen LogP contribution in [-0.4, -0.2) is 34.4 Å². The molecule has 1 aliphatic rings. The maximum absolute atomic E-state index is 12.0. The summed E-state index contributed by atoms with van der Waals surface area (Å²) in [4.78, 5) is 20.3. The molecule has 8 heteroatoms. The number of hydrogen-bond acceptors (Lipinski definition) is 7. The number of amides is 1. The third-order valence-corrected chi connectivity index (χ3v) is 4.13. The van der Waals surface area contributed by atoms with Crippen LogP contribution in [0.25, 0.3) is 11.4 Å². The number of nitrogens with one attached hydrogen (secondary N) is 1. The van der Waals surface area contributed by atoms with Gasteiger partial charge in [0.25, 0.3) is 0 Å². The molecule has 0 saturated carbocycles. The number of aromatic nitrogens is 3. The summed E-state index contributed by atoms with van der Waals surface area (Å²) < 4.78 is 15.8. The van der Waals surface area contributed by atoms with Crippen molar-refractivity contribution in [3.05, 3.63) is 54.2 Å². The summed E-state index contributed by atoms with van der Waals surface area (Å²) in [7, 11) is 0. The van der Waals surface area contributed by atoms with E-state index >= 15 is 0 Å². The lowest BCUT2D eigenvalue weighted by atomic mass is 10.1. The van der Waals surface area contributed by atoms with Crippen LogP contribution in [0.15, 0.2) is 47.2 Å². The number of nitrogens with zero attached hydrogens (tertiary/aromatic N) is 3. The Kier molecular flexibility index (Phi) is 4.95. The van der Waals surface area contributed by atoms with E-state index < -0.39 is 0 Å². The zero-order valence-corrected chi connectivity index (χ0v) is 14.6. The quantitative estimate of drug-likeness (QED) is 0.684. The highest BCUT2D eigenvalue weighted by Crippen LogP contribution is 2.32. The SMILES string of the molecule is O=C(CCc1nc(-c2cccnc2)no1)NCCc1ccc2c(c1)OCO2. The van der Waals surface area contributed by atoms with Crippen molar-refractivity contribution in [1.82, 2.24) is 20.4 Å². The van der Waals surface area contributed by atoms with Crippen LogP contribution in [-0.2, 0) is 17.6 Å². The molecule has 1 N–H and O–H groups in total. The number of hydrogen-bond donors (Lipinski definition) is 1. The number of pyridine rings is 1. The van der Waals surface area contributed by atoms with Crippen molar-refractivity contribution < 1.29 is 18.8 Å². The summed E-state index contributed by atoms with van der Waals surface area (Å²) in [6.45, 7) is 0.803. The minimum atomic E-state index is -0.0585. The van der Waals surface area contributed by atoms with Crippen molar-refractivity contribution >= 4 is 5.91 Å².